The molecule has 24 heavy (non-hydrogen) atoms. The van der Waals surface area contributed by atoms with E-state index in [0.29, 0.717) is 33.4 Å². The quantitative estimate of drug-likeness (QED) is 0.644. The topological polar surface area (TPSA) is 95.2 Å². The van der Waals surface area contributed by atoms with Crippen LogP contribution < -0.4 is 0 Å². The number of hydrogen-bond acceptors (Lipinski definition) is 4. The predicted molar refractivity (Wildman–Crippen MR) is 95.1 cm³/mol. The maximum absolute atomic E-state index is 9.34. The molecule has 0 aliphatic heterocycles. The van der Waals surface area contributed by atoms with E-state index < -0.39 is 9.65 Å². The van der Waals surface area contributed by atoms with Crippen LogP contribution in [0, 0.1) is 45.3 Å². The molecule has 0 N–H and O–H groups in total. The van der Waals surface area contributed by atoms with Gasteiger partial charge in [-0.2, -0.15) is 21.0 Å². The summed E-state index contributed by atoms with van der Waals surface area (Å²) in [6.07, 6.45) is 0. The summed E-state index contributed by atoms with van der Waals surface area (Å²) in [6.45, 7) is 0. The van der Waals surface area contributed by atoms with Crippen LogP contribution in [0.1, 0.15) is 43.0 Å². The highest BCUT2D eigenvalue weighted by atomic mass is 79.9. The van der Waals surface area contributed by atoms with Gasteiger partial charge in [0, 0.05) is 11.1 Å². The lowest BCUT2D eigenvalue weighted by Crippen LogP contribution is -2.07. The summed E-state index contributed by atoms with van der Waals surface area (Å²) >= 11 is 7.06. The third kappa shape index (κ3) is 3.17. The highest BCUT2D eigenvalue weighted by molar-refractivity contribution is 9.12. The fourth-order valence-electron chi connectivity index (χ4n) is 2.41. The van der Waals surface area contributed by atoms with Gasteiger partial charge in [0.1, 0.15) is 0 Å². The Kier molecular flexibility index (Phi) is 5.73. The minimum atomic E-state index is -0.468. The van der Waals surface area contributed by atoms with Crippen molar-refractivity contribution in [3.05, 3.63) is 69.8 Å². The molecule has 2 rings (SSSR count). The lowest BCUT2D eigenvalue weighted by atomic mass is 9.92. The van der Waals surface area contributed by atoms with E-state index in [1.54, 1.807) is 36.4 Å². The van der Waals surface area contributed by atoms with Gasteiger partial charge in [0.2, 0.25) is 0 Å². The van der Waals surface area contributed by atoms with E-state index in [-0.39, 0.29) is 0 Å². The van der Waals surface area contributed by atoms with Crippen LogP contribution in [0.4, 0.5) is 0 Å². The van der Waals surface area contributed by atoms with Gasteiger partial charge in [-0.3, -0.25) is 0 Å². The van der Waals surface area contributed by atoms with Crippen molar-refractivity contribution in [2.75, 3.05) is 0 Å². The average Bonchev–Trinajstić information content (AvgIpc) is 2.65. The van der Waals surface area contributed by atoms with Crippen LogP contribution in [0.2, 0.25) is 0 Å². The Hall–Kier alpha value is -2.64. The summed E-state index contributed by atoms with van der Waals surface area (Å²) in [5.74, 6) is 0. The van der Waals surface area contributed by atoms with Gasteiger partial charge in [0.25, 0.3) is 0 Å². The van der Waals surface area contributed by atoms with Crippen LogP contribution in [0.5, 0.6) is 0 Å². The maximum atomic E-state index is 9.34. The van der Waals surface area contributed by atoms with Crippen molar-refractivity contribution in [1.82, 2.24) is 0 Å². The average molecular weight is 440 g/mol. The Bertz CT molecular complexity index is 811. The number of benzene rings is 2. The molecular weight excluding hydrogens is 432 g/mol. The zero-order chi connectivity index (χ0) is 17.7. The zero-order valence-corrected chi connectivity index (χ0v) is 15.3. The Morgan fingerprint density at radius 2 is 0.833 bits per heavy atom. The van der Waals surface area contributed by atoms with Crippen molar-refractivity contribution in [3.63, 3.8) is 0 Å². The summed E-state index contributed by atoms with van der Waals surface area (Å²) in [5.41, 5.74) is 2.53. The largest absolute Gasteiger partial charge is 0.192 e. The molecule has 0 spiro atoms. The highest BCUT2D eigenvalue weighted by Gasteiger charge is 2.28. The molecule has 0 radical (unpaired) electrons. The van der Waals surface area contributed by atoms with Gasteiger partial charge in [0.05, 0.1) is 56.2 Å². The summed E-state index contributed by atoms with van der Waals surface area (Å²) < 4.78 is 0. The second-order valence-electron chi connectivity index (χ2n) is 4.78. The normalized spacial score (nSPS) is 12.1. The molecule has 0 saturated heterocycles. The fraction of sp³-hybridized carbons (Fsp3) is 0.111. The van der Waals surface area contributed by atoms with Crippen molar-refractivity contribution in [2.24, 2.45) is 0 Å². The maximum Gasteiger partial charge on any atom is 0.0995 e. The first-order chi connectivity index (χ1) is 11.6. The predicted octanol–water partition coefficient (Wildman–Crippen LogP) is 4.75. The minimum absolute atomic E-state index is 0.369. The molecule has 6 heteroatoms. The standard InChI is InChI=1S/C18H8Br2N4/c19-17(15-11(7-21)3-1-4-12(15)8-22)18(20)16-13(9-23)5-2-6-14(16)10-24/h1-6,17-18H. The van der Waals surface area contributed by atoms with Gasteiger partial charge in [-0.05, 0) is 24.3 Å². The van der Waals surface area contributed by atoms with Crippen LogP contribution in [-0.4, -0.2) is 0 Å². The second kappa shape index (κ2) is 7.76. The van der Waals surface area contributed by atoms with Gasteiger partial charge < -0.3 is 0 Å². The molecule has 0 fully saturated rings. The van der Waals surface area contributed by atoms with Crippen molar-refractivity contribution in [2.45, 2.75) is 9.65 Å². The zero-order valence-electron chi connectivity index (χ0n) is 12.2. The van der Waals surface area contributed by atoms with Gasteiger partial charge >= 0.3 is 0 Å². The molecule has 4 nitrogen and oxygen atoms in total. The van der Waals surface area contributed by atoms with E-state index >= 15 is 0 Å². The third-order valence-electron chi connectivity index (χ3n) is 3.50. The van der Waals surface area contributed by atoms with Crippen LogP contribution in [0.15, 0.2) is 36.4 Å². The summed E-state index contributed by atoms with van der Waals surface area (Å²) in [6, 6.07) is 18.1. The molecule has 0 amide bonds. The molecule has 2 atom stereocenters. The summed E-state index contributed by atoms with van der Waals surface area (Å²) in [5, 5.41) is 37.4. The van der Waals surface area contributed by atoms with Crippen LogP contribution in [0.25, 0.3) is 0 Å². The van der Waals surface area contributed by atoms with E-state index in [0.717, 1.165) is 0 Å². The molecule has 2 aromatic carbocycles. The Morgan fingerprint density at radius 1 is 0.583 bits per heavy atom. The van der Waals surface area contributed by atoms with Gasteiger partial charge in [-0.25, -0.2) is 0 Å². The van der Waals surface area contributed by atoms with E-state index in [1.165, 1.54) is 0 Å². The first-order valence-corrected chi connectivity index (χ1v) is 8.56. The molecule has 0 bridgehead atoms. The molecular formula is C18H8Br2N4. The van der Waals surface area contributed by atoms with E-state index in [1.807, 2.05) is 0 Å². The molecule has 0 heterocycles. The third-order valence-corrected chi connectivity index (χ3v) is 6.18. The SMILES string of the molecule is N#Cc1cccc(C#N)c1C(Br)C(Br)c1c(C#N)cccc1C#N. The van der Waals surface area contributed by atoms with E-state index in [4.69, 9.17) is 0 Å². The van der Waals surface area contributed by atoms with Gasteiger partial charge in [-0.1, -0.05) is 44.0 Å². The number of rotatable bonds is 3. The molecule has 0 saturated carbocycles. The fourth-order valence-corrected chi connectivity index (χ4v) is 3.92. The first-order valence-electron chi connectivity index (χ1n) is 6.73. The molecule has 114 valence electrons. The Labute approximate surface area is 156 Å². The molecule has 0 aliphatic carbocycles. The Morgan fingerprint density at radius 3 is 1.04 bits per heavy atom. The second-order valence-corrected chi connectivity index (χ2v) is 6.76. The molecule has 0 aliphatic rings. The molecule has 0 aromatic heterocycles. The first kappa shape index (κ1) is 17.7. The van der Waals surface area contributed by atoms with Crippen LogP contribution in [-0.2, 0) is 0 Å². The van der Waals surface area contributed by atoms with E-state index in [2.05, 4.69) is 56.1 Å². The number of halogens is 2. The minimum Gasteiger partial charge on any atom is -0.192 e. The van der Waals surface area contributed by atoms with Gasteiger partial charge in [-0.15, -0.1) is 0 Å². The molecule has 2 aromatic rings. The van der Waals surface area contributed by atoms with Gasteiger partial charge in [0.15, 0.2) is 0 Å². The smallest absolute Gasteiger partial charge is 0.0995 e. The number of alkyl halides is 2. The van der Waals surface area contributed by atoms with Crippen molar-refractivity contribution in [1.29, 1.82) is 21.0 Å². The molecule has 2 unspecified atom stereocenters. The van der Waals surface area contributed by atoms with Crippen molar-refractivity contribution < 1.29 is 0 Å². The van der Waals surface area contributed by atoms with Crippen molar-refractivity contribution >= 4 is 31.9 Å². The van der Waals surface area contributed by atoms with E-state index in [9.17, 15) is 21.0 Å². The number of nitrogens with zero attached hydrogens (tertiary/aromatic N) is 4. The highest BCUT2D eigenvalue weighted by Crippen LogP contribution is 2.46. The summed E-state index contributed by atoms with van der Waals surface area (Å²) in [7, 11) is 0. The monoisotopic (exact) mass is 438 g/mol. The number of nitriles is 4. The summed E-state index contributed by atoms with van der Waals surface area (Å²) in [4.78, 5) is -0.936. The van der Waals surface area contributed by atoms with Crippen molar-refractivity contribution in [3.8, 4) is 24.3 Å². The van der Waals surface area contributed by atoms with Crippen LogP contribution >= 0.6 is 31.9 Å². The lowest BCUT2D eigenvalue weighted by molar-refractivity contribution is 0.922. The Balaban J connectivity index is 2.65. The number of hydrogen-bond donors (Lipinski definition) is 0. The lowest BCUT2D eigenvalue weighted by Gasteiger charge is -2.21. The van der Waals surface area contributed by atoms with Crippen LogP contribution in [0.3, 0.4) is 0 Å².